The monoisotopic (exact) mass is 383 g/mol. The second-order valence-corrected chi connectivity index (χ2v) is 5.94. The number of nitrogens with zero attached hydrogens (tertiary/aromatic N) is 2. The molecule has 1 N–H and O–H groups in total. The minimum Gasteiger partial charge on any atom is -0.493 e. The third-order valence-corrected chi connectivity index (χ3v) is 4.35. The van der Waals surface area contributed by atoms with E-state index in [1.807, 2.05) is 6.92 Å². The molecular weight excluding hydrogens is 362 g/mol. The first-order chi connectivity index (χ1) is 13.5. The van der Waals surface area contributed by atoms with Gasteiger partial charge in [0, 0.05) is 17.8 Å². The molecule has 3 rings (SSSR count). The Hall–Kier alpha value is -3.55. The lowest BCUT2D eigenvalue weighted by Crippen LogP contribution is -2.19. The van der Waals surface area contributed by atoms with Crippen molar-refractivity contribution < 1.29 is 19.0 Å². The summed E-state index contributed by atoms with van der Waals surface area (Å²) in [6, 6.07) is 8.11. The number of benzene rings is 2. The van der Waals surface area contributed by atoms with E-state index < -0.39 is 0 Å². The molecule has 3 aromatic rings. The fourth-order valence-electron chi connectivity index (χ4n) is 2.88. The number of hydrogen-bond acceptors (Lipinski definition) is 6. The van der Waals surface area contributed by atoms with Gasteiger partial charge < -0.3 is 19.5 Å². The predicted molar refractivity (Wildman–Crippen MR) is 106 cm³/mol. The van der Waals surface area contributed by atoms with Crippen LogP contribution in [0.2, 0.25) is 0 Å². The van der Waals surface area contributed by atoms with Gasteiger partial charge in [-0.3, -0.25) is 14.2 Å². The Kier molecular flexibility index (Phi) is 5.49. The molecule has 146 valence electrons. The van der Waals surface area contributed by atoms with Gasteiger partial charge in [0.15, 0.2) is 11.5 Å². The van der Waals surface area contributed by atoms with E-state index in [0.29, 0.717) is 45.9 Å². The van der Waals surface area contributed by atoms with Crippen LogP contribution in [0, 0.1) is 0 Å². The van der Waals surface area contributed by atoms with Crippen LogP contribution < -0.4 is 25.1 Å². The SMILES string of the molecule is CCn1cnc2cc(NC(=O)c3cc(OC)c(OC)c(OC)c3)ccc2c1=O. The molecule has 0 aliphatic carbocycles. The standard InChI is InChI=1S/C20H21N3O5/c1-5-23-11-21-15-10-13(6-7-14(15)20(23)25)22-19(24)12-8-16(26-2)18(28-4)17(9-12)27-3/h6-11H,5H2,1-4H3,(H,22,24). The topological polar surface area (TPSA) is 91.7 Å². The maximum absolute atomic E-state index is 12.7. The molecule has 0 saturated heterocycles. The molecule has 0 aliphatic heterocycles. The van der Waals surface area contributed by atoms with E-state index in [1.165, 1.54) is 32.2 Å². The Labute approximate surface area is 161 Å². The van der Waals surface area contributed by atoms with Gasteiger partial charge in [0.2, 0.25) is 5.75 Å². The van der Waals surface area contributed by atoms with E-state index in [-0.39, 0.29) is 11.5 Å². The normalized spacial score (nSPS) is 10.6. The van der Waals surface area contributed by atoms with Crippen LogP contribution in [-0.2, 0) is 6.54 Å². The van der Waals surface area contributed by atoms with E-state index >= 15 is 0 Å². The summed E-state index contributed by atoms with van der Waals surface area (Å²) in [6.07, 6.45) is 1.50. The Morgan fingerprint density at radius 1 is 1.07 bits per heavy atom. The van der Waals surface area contributed by atoms with E-state index in [0.717, 1.165) is 0 Å². The number of nitrogens with one attached hydrogen (secondary N) is 1. The van der Waals surface area contributed by atoms with Crippen molar-refractivity contribution in [1.82, 2.24) is 9.55 Å². The molecule has 28 heavy (non-hydrogen) atoms. The average molecular weight is 383 g/mol. The van der Waals surface area contributed by atoms with E-state index in [2.05, 4.69) is 10.3 Å². The van der Waals surface area contributed by atoms with Crippen LogP contribution in [-0.4, -0.2) is 36.8 Å². The zero-order chi connectivity index (χ0) is 20.3. The lowest BCUT2D eigenvalue weighted by Gasteiger charge is -2.14. The summed E-state index contributed by atoms with van der Waals surface area (Å²) in [5.74, 6) is 0.809. The fraction of sp³-hybridized carbons (Fsp3) is 0.250. The summed E-state index contributed by atoms with van der Waals surface area (Å²) in [5.41, 5.74) is 1.25. The number of hydrogen-bond donors (Lipinski definition) is 1. The van der Waals surface area contributed by atoms with Crippen LogP contribution in [0.1, 0.15) is 17.3 Å². The van der Waals surface area contributed by atoms with Crippen LogP contribution in [0.3, 0.4) is 0 Å². The summed E-state index contributed by atoms with van der Waals surface area (Å²) in [5, 5.41) is 3.29. The summed E-state index contributed by atoms with van der Waals surface area (Å²) in [6.45, 7) is 2.42. The fourth-order valence-corrected chi connectivity index (χ4v) is 2.88. The van der Waals surface area contributed by atoms with Crippen molar-refractivity contribution in [3.8, 4) is 17.2 Å². The van der Waals surface area contributed by atoms with Gasteiger partial charge in [0.05, 0.1) is 38.6 Å². The number of ether oxygens (including phenoxy) is 3. The first kappa shape index (κ1) is 19.2. The van der Waals surface area contributed by atoms with Gasteiger partial charge in [0.1, 0.15) is 0 Å². The second kappa shape index (κ2) is 7.99. The van der Waals surface area contributed by atoms with Gasteiger partial charge in [-0.25, -0.2) is 4.98 Å². The molecule has 0 saturated carbocycles. The number of carbonyl (C=O) groups excluding carboxylic acids is 1. The number of amides is 1. The molecule has 8 heteroatoms. The molecular formula is C20H21N3O5. The van der Waals surface area contributed by atoms with Crippen LogP contribution >= 0.6 is 0 Å². The average Bonchev–Trinajstić information content (AvgIpc) is 2.72. The molecule has 1 heterocycles. The Bertz CT molecular complexity index is 1070. The van der Waals surface area contributed by atoms with Crippen LogP contribution in [0.4, 0.5) is 5.69 Å². The maximum Gasteiger partial charge on any atom is 0.261 e. The third-order valence-electron chi connectivity index (χ3n) is 4.35. The highest BCUT2D eigenvalue weighted by atomic mass is 16.5. The third kappa shape index (κ3) is 3.48. The van der Waals surface area contributed by atoms with Crippen molar-refractivity contribution in [2.24, 2.45) is 0 Å². The number of carbonyl (C=O) groups is 1. The largest absolute Gasteiger partial charge is 0.493 e. The van der Waals surface area contributed by atoms with Gasteiger partial charge in [-0.2, -0.15) is 0 Å². The van der Waals surface area contributed by atoms with Crippen molar-refractivity contribution in [1.29, 1.82) is 0 Å². The van der Waals surface area contributed by atoms with Gasteiger partial charge >= 0.3 is 0 Å². The molecule has 0 atom stereocenters. The minimum absolute atomic E-state index is 0.116. The van der Waals surface area contributed by atoms with Crippen LogP contribution in [0.15, 0.2) is 41.5 Å². The lowest BCUT2D eigenvalue weighted by atomic mass is 10.1. The van der Waals surface area contributed by atoms with Crippen molar-refractivity contribution in [3.05, 3.63) is 52.6 Å². The lowest BCUT2D eigenvalue weighted by molar-refractivity contribution is 0.102. The molecule has 0 unspecified atom stereocenters. The molecule has 0 fully saturated rings. The predicted octanol–water partition coefficient (Wildman–Crippen LogP) is 2.69. The van der Waals surface area contributed by atoms with E-state index in [4.69, 9.17) is 14.2 Å². The molecule has 0 radical (unpaired) electrons. The zero-order valence-electron chi connectivity index (χ0n) is 16.1. The van der Waals surface area contributed by atoms with Gasteiger partial charge in [-0.15, -0.1) is 0 Å². The summed E-state index contributed by atoms with van der Waals surface area (Å²) in [7, 11) is 4.46. The quantitative estimate of drug-likeness (QED) is 0.704. The molecule has 1 aromatic heterocycles. The van der Waals surface area contributed by atoms with Crippen molar-refractivity contribution in [2.75, 3.05) is 26.6 Å². The van der Waals surface area contributed by atoms with Gasteiger partial charge in [-0.1, -0.05) is 0 Å². The van der Waals surface area contributed by atoms with Crippen LogP contribution in [0.25, 0.3) is 10.9 Å². The summed E-state index contributed by atoms with van der Waals surface area (Å²) in [4.78, 5) is 29.3. The second-order valence-electron chi connectivity index (χ2n) is 5.94. The van der Waals surface area contributed by atoms with Crippen LogP contribution in [0.5, 0.6) is 17.2 Å². The molecule has 8 nitrogen and oxygen atoms in total. The number of fused-ring (bicyclic) bond motifs is 1. The highest BCUT2D eigenvalue weighted by Crippen LogP contribution is 2.38. The molecule has 0 spiro atoms. The highest BCUT2D eigenvalue weighted by molar-refractivity contribution is 6.05. The smallest absolute Gasteiger partial charge is 0.261 e. The number of anilines is 1. The van der Waals surface area contributed by atoms with Crippen molar-refractivity contribution in [3.63, 3.8) is 0 Å². The Balaban J connectivity index is 1.94. The Morgan fingerprint density at radius 3 is 2.32 bits per heavy atom. The first-order valence-electron chi connectivity index (χ1n) is 8.63. The maximum atomic E-state index is 12.7. The summed E-state index contributed by atoms with van der Waals surface area (Å²) < 4.78 is 17.4. The molecule has 0 aliphatic rings. The van der Waals surface area contributed by atoms with E-state index in [9.17, 15) is 9.59 Å². The first-order valence-corrected chi connectivity index (χ1v) is 8.63. The number of rotatable bonds is 6. The van der Waals surface area contributed by atoms with Crippen molar-refractivity contribution in [2.45, 2.75) is 13.5 Å². The number of methoxy groups -OCH3 is 3. The minimum atomic E-state index is -0.361. The molecule has 1 amide bonds. The Morgan fingerprint density at radius 2 is 1.75 bits per heavy atom. The van der Waals surface area contributed by atoms with E-state index in [1.54, 1.807) is 30.3 Å². The zero-order valence-corrected chi connectivity index (χ0v) is 16.1. The molecule has 0 bridgehead atoms. The van der Waals surface area contributed by atoms with Gasteiger partial charge in [0.25, 0.3) is 11.5 Å². The van der Waals surface area contributed by atoms with Crippen molar-refractivity contribution >= 4 is 22.5 Å². The number of aryl methyl sites for hydroxylation is 1. The number of aromatic nitrogens is 2. The highest BCUT2D eigenvalue weighted by Gasteiger charge is 2.17. The van der Waals surface area contributed by atoms with Gasteiger partial charge in [-0.05, 0) is 37.3 Å². The summed E-state index contributed by atoms with van der Waals surface area (Å²) >= 11 is 0. The molecule has 2 aromatic carbocycles.